The molecule has 0 saturated heterocycles. The minimum atomic E-state index is -3.53. The van der Waals surface area contributed by atoms with E-state index >= 15 is 0 Å². The van der Waals surface area contributed by atoms with Gasteiger partial charge in [-0.3, -0.25) is 4.79 Å². The second-order valence-corrected chi connectivity index (χ2v) is 4.52. The summed E-state index contributed by atoms with van der Waals surface area (Å²) in [7, 11) is -3.53. The van der Waals surface area contributed by atoms with Gasteiger partial charge >= 0.3 is 0 Å². The van der Waals surface area contributed by atoms with Gasteiger partial charge in [0.2, 0.25) is 5.91 Å². The Balaban J connectivity index is 4.75. The lowest BCUT2D eigenvalue weighted by molar-refractivity contribution is -0.117. The SMILES string of the molecule is C=CS(=O)(=O)C(CCC)C(N)=O. The van der Waals surface area contributed by atoms with E-state index in [-0.39, 0.29) is 6.42 Å². The minimum absolute atomic E-state index is 0.254. The predicted octanol–water partition coefficient (Wildman–Crippen LogP) is 0.199. The highest BCUT2D eigenvalue weighted by molar-refractivity contribution is 7.95. The molecule has 0 radical (unpaired) electrons. The third-order valence-corrected chi connectivity index (χ3v) is 3.22. The van der Waals surface area contributed by atoms with Crippen LogP contribution in [-0.4, -0.2) is 19.6 Å². The van der Waals surface area contributed by atoms with Crippen molar-refractivity contribution in [2.75, 3.05) is 0 Å². The van der Waals surface area contributed by atoms with Gasteiger partial charge in [0.25, 0.3) is 0 Å². The lowest BCUT2D eigenvalue weighted by atomic mass is 10.2. The Morgan fingerprint density at radius 3 is 2.42 bits per heavy atom. The van der Waals surface area contributed by atoms with Gasteiger partial charge in [-0.15, -0.1) is 0 Å². The number of primary amides is 1. The first-order chi connectivity index (χ1) is 5.45. The van der Waals surface area contributed by atoms with Crippen LogP contribution in [0.5, 0.6) is 0 Å². The average molecular weight is 191 g/mol. The molecule has 0 aliphatic heterocycles. The third kappa shape index (κ3) is 2.65. The first-order valence-corrected chi connectivity index (χ1v) is 5.22. The Morgan fingerprint density at radius 2 is 2.17 bits per heavy atom. The van der Waals surface area contributed by atoms with E-state index in [2.05, 4.69) is 6.58 Å². The second-order valence-electron chi connectivity index (χ2n) is 2.44. The maximum Gasteiger partial charge on any atom is 0.236 e. The molecule has 0 rings (SSSR count). The lowest BCUT2D eigenvalue weighted by Crippen LogP contribution is -2.34. The first-order valence-electron chi connectivity index (χ1n) is 3.61. The summed E-state index contributed by atoms with van der Waals surface area (Å²) in [4.78, 5) is 10.7. The summed E-state index contributed by atoms with van der Waals surface area (Å²) in [5, 5.41) is -0.335. The summed E-state index contributed by atoms with van der Waals surface area (Å²) in [5.41, 5.74) is 4.92. The number of hydrogen-bond donors (Lipinski definition) is 1. The fourth-order valence-electron chi connectivity index (χ4n) is 0.847. The van der Waals surface area contributed by atoms with Crippen LogP contribution in [0, 0.1) is 0 Å². The van der Waals surface area contributed by atoms with Crippen molar-refractivity contribution < 1.29 is 13.2 Å². The molecule has 0 saturated carbocycles. The number of rotatable bonds is 5. The Morgan fingerprint density at radius 1 is 1.67 bits per heavy atom. The molecule has 0 aromatic heterocycles. The number of hydrogen-bond acceptors (Lipinski definition) is 3. The van der Waals surface area contributed by atoms with Crippen LogP contribution >= 0.6 is 0 Å². The molecule has 5 heteroatoms. The third-order valence-electron chi connectivity index (χ3n) is 1.50. The molecule has 12 heavy (non-hydrogen) atoms. The fourth-order valence-corrected chi connectivity index (χ4v) is 1.97. The number of nitrogens with two attached hydrogens (primary N) is 1. The summed E-state index contributed by atoms with van der Waals surface area (Å²) in [6.07, 6.45) is 0.852. The zero-order chi connectivity index (χ0) is 9.78. The molecule has 1 atom stereocenters. The van der Waals surface area contributed by atoms with Crippen LogP contribution < -0.4 is 5.73 Å². The molecular formula is C7H13NO3S. The van der Waals surface area contributed by atoms with Crippen LogP contribution in [0.1, 0.15) is 19.8 Å². The Labute approximate surface area is 72.4 Å². The van der Waals surface area contributed by atoms with Crippen molar-refractivity contribution in [2.45, 2.75) is 25.0 Å². The molecule has 0 heterocycles. The largest absolute Gasteiger partial charge is 0.369 e. The van der Waals surface area contributed by atoms with Gasteiger partial charge in [-0.1, -0.05) is 19.9 Å². The van der Waals surface area contributed by atoms with Gasteiger partial charge in [-0.2, -0.15) is 0 Å². The van der Waals surface area contributed by atoms with Gasteiger partial charge in [0.05, 0.1) is 0 Å². The zero-order valence-corrected chi connectivity index (χ0v) is 7.80. The van der Waals surface area contributed by atoms with E-state index in [9.17, 15) is 13.2 Å². The maximum atomic E-state index is 11.1. The van der Waals surface area contributed by atoms with Crippen molar-refractivity contribution in [1.82, 2.24) is 0 Å². The molecule has 2 N–H and O–H groups in total. The van der Waals surface area contributed by atoms with E-state index in [1.54, 1.807) is 6.92 Å². The molecule has 1 unspecified atom stereocenters. The van der Waals surface area contributed by atoms with E-state index in [1.807, 2.05) is 0 Å². The van der Waals surface area contributed by atoms with Gasteiger partial charge in [0.15, 0.2) is 9.84 Å². The number of amides is 1. The highest BCUT2D eigenvalue weighted by Crippen LogP contribution is 2.09. The molecule has 70 valence electrons. The summed E-state index contributed by atoms with van der Waals surface area (Å²) >= 11 is 0. The molecule has 0 aliphatic carbocycles. The van der Waals surface area contributed by atoms with Crippen molar-refractivity contribution in [2.24, 2.45) is 5.73 Å². The first kappa shape index (κ1) is 11.2. The molecule has 0 fully saturated rings. The fraction of sp³-hybridized carbons (Fsp3) is 0.571. The standard InChI is InChI=1S/C7H13NO3S/c1-3-5-6(7(8)9)12(10,11)4-2/h4,6H,2-3,5H2,1H3,(H2,8,9). The van der Waals surface area contributed by atoms with E-state index in [0.717, 1.165) is 5.41 Å². The van der Waals surface area contributed by atoms with Crippen LogP contribution in [0.3, 0.4) is 0 Å². The van der Waals surface area contributed by atoms with Gasteiger partial charge in [0.1, 0.15) is 5.25 Å². The normalized spacial score (nSPS) is 13.8. The van der Waals surface area contributed by atoms with E-state index in [4.69, 9.17) is 5.73 Å². The monoisotopic (exact) mass is 191 g/mol. The summed E-state index contributed by atoms with van der Waals surface area (Å²) in [6.45, 7) is 4.91. The number of carbonyl (C=O) groups excluding carboxylic acids is 1. The Hall–Kier alpha value is -0.840. The highest BCUT2D eigenvalue weighted by atomic mass is 32.2. The van der Waals surface area contributed by atoms with Crippen LogP contribution in [0.2, 0.25) is 0 Å². The van der Waals surface area contributed by atoms with Crippen LogP contribution in [0.4, 0.5) is 0 Å². The maximum absolute atomic E-state index is 11.1. The number of carbonyl (C=O) groups is 1. The molecule has 0 spiro atoms. The quantitative estimate of drug-likeness (QED) is 0.674. The topological polar surface area (TPSA) is 77.2 Å². The smallest absolute Gasteiger partial charge is 0.236 e. The van der Waals surface area contributed by atoms with Crippen molar-refractivity contribution in [3.05, 3.63) is 12.0 Å². The Kier molecular flexibility index (Phi) is 3.95. The molecule has 0 bridgehead atoms. The van der Waals surface area contributed by atoms with E-state index in [0.29, 0.717) is 6.42 Å². The second kappa shape index (κ2) is 4.25. The van der Waals surface area contributed by atoms with Crippen LogP contribution in [0.15, 0.2) is 12.0 Å². The van der Waals surface area contributed by atoms with Gasteiger partial charge in [0, 0.05) is 5.41 Å². The van der Waals surface area contributed by atoms with E-state index < -0.39 is 21.0 Å². The van der Waals surface area contributed by atoms with Crippen LogP contribution in [0.25, 0.3) is 0 Å². The Bertz CT molecular complexity index is 268. The van der Waals surface area contributed by atoms with Crippen molar-refractivity contribution in [3.8, 4) is 0 Å². The van der Waals surface area contributed by atoms with E-state index in [1.165, 1.54) is 0 Å². The molecule has 4 nitrogen and oxygen atoms in total. The summed E-state index contributed by atoms with van der Waals surface area (Å²) in [5.74, 6) is -0.809. The molecule has 0 aliphatic rings. The average Bonchev–Trinajstić information content (AvgIpc) is 1.99. The van der Waals surface area contributed by atoms with Crippen molar-refractivity contribution in [3.63, 3.8) is 0 Å². The van der Waals surface area contributed by atoms with Crippen LogP contribution in [-0.2, 0) is 14.6 Å². The van der Waals surface area contributed by atoms with Crippen molar-refractivity contribution >= 4 is 15.7 Å². The van der Waals surface area contributed by atoms with Gasteiger partial charge < -0.3 is 5.73 Å². The molecule has 0 aromatic rings. The van der Waals surface area contributed by atoms with Gasteiger partial charge in [-0.05, 0) is 6.42 Å². The lowest BCUT2D eigenvalue weighted by Gasteiger charge is -2.09. The predicted molar refractivity (Wildman–Crippen MR) is 47.0 cm³/mol. The highest BCUT2D eigenvalue weighted by Gasteiger charge is 2.26. The number of sulfone groups is 1. The molecule has 0 aromatic carbocycles. The summed E-state index contributed by atoms with van der Waals surface area (Å²) < 4.78 is 22.2. The minimum Gasteiger partial charge on any atom is -0.369 e. The molecule has 1 amide bonds. The van der Waals surface area contributed by atoms with Gasteiger partial charge in [-0.25, -0.2) is 8.42 Å². The summed E-state index contributed by atoms with van der Waals surface area (Å²) in [6, 6.07) is 0. The van der Waals surface area contributed by atoms with Crippen molar-refractivity contribution in [1.29, 1.82) is 0 Å². The zero-order valence-electron chi connectivity index (χ0n) is 6.99. The molecular weight excluding hydrogens is 178 g/mol.